The molecule has 5 nitrogen and oxygen atoms in total. The smallest absolute Gasteiger partial charge is 0.418 e. The molecule has 1 aliphatic heterocycles. The van der Waals surface area contributed by atoms with Crippen molar-refractivity contribution in [3.05, 3.63) is 57.8 Å². The third-order valence-corrected chi connectivity index (χ3v) is 4.40. The van der Waals surface area contributed by atoms with Crippen LogP contribution in [-0.2, 0) is 12.4 Å². The number of hydrogen-bond acceptors (Lipinski definition) is 4. The van der Waals surface area contributed by atoms with Crippen molar-refractivity contribution < 1.29 is 31.4 Å². The van der Waals surface area contributed by atoms with Gasteiger partial charge in [-0.15, -0.1) is 0 Å². The topological polar surface area (TPSA) is 58.6 Å². The maximum absolute atomic E-state index is 13.3. The van der Waals surface area contributed by atoms with Crippen molar-refractivity contribution in [1.82, 2.24) is 10.3 Å². The number of rotatable bonds is 2. The number of hydrogen-bond donors (Lipinski definition) is 2. The van der Waals surface area contributed by atoms with Crippen LogP contribution in [0.4, 0.5) is 37.7 Å². The van der Waals surface area contributed by atoms with Crippen LogP contribution in [0.5, 0.6) is 5.75 Å². The van der Waals surface area contributed by atoms with Gasteiger partial charge < -0.3 is 10.3 Å². The van der Waals surface area contributed by atoms with Gasteiger partial charge in [-0.3, -0.25) is 5.01 Å². The molecule has 1 saturated heterocycles. The first-order valence-corrected chi connectivity index (χ1v) is 8.11. The molecule has 1 unspecified atom stereocenters. The molecule has 1 heterocycles. The Morgan fingerprint density at radius 1 is 1.04 bits per heavy atom. The summed E-state index contributed by atoms with van der Waals surface area (Å²) in [6, 6.07) is 4.76. The number of quaternary nitrogens is 1. The molecular weight excluding hydrogens is 416 g/mol. The molecule has 0 saturated carbocycles. The van der Waals surface area contributed by atoms with Gasteiger partial charge in [-0.1, -0.05) is 17.1 Å². The van der Waals surface area contributed by atoms with Crippen molar-refractivity contribution in [2.24, 2.45) is 0 Å². The molecule has 1 aliphatic rings. The summed E-state index contributed by atoms with van der Waals surface area (Å²) in [6.07, 6.45) is -10.0. The Bertz CT molecular complexity index is 905. The minimum absolute atomic E-state index is 0.00826. The molecule has 28 heavy (non-hydrogen) atoms. The standard InChI is InChI=1S/C16H12ClF6N3O2/c17-10-2-4-14(27)13(8-10)26(28)6-5-25(24-26)12-3-1-9(15(18,19)20)7-11(12)16(21,22)23/h1-4,7-8,24,27H,5-6H2. The number of phenols is 1. The molecule has 152 valence electrons. The number of nitrogens with zero attached hydrogens (tertiary/aromatic N) is 2. The Morgan fingerprint density at radius 3 is 2.32 bits per heavy atom. The van der Waals surface area contributed by atoms with E-state index in [0.29, 0.717) is 12.1 Å². The van der Waals surface area contributed by atoms with Crippen LogP contribution in [-0.4, -0.2) is 18.2 Å². The van der Waals surface area contributed by atoms with Crippen molar-refractivity contribution in [1.29, 1.82) is 0 Å². The highest BCUT2D eigenvalue weighted by Crippen LogP contribution is 2.42. The summed E-state index contributed by atoms with van der Waals surface area (Å²) in [5.41, 5.74) is -1.63. The predicted octanol–water partition coefficient (Wildman–Crippen LogP) is 4.83. The van der Waals surface area contributed by atoms with Crippen molar-refractivity contribution >= 4 is 23.0 Å². The number of benzene rings is 2. The van der Waals surface area contributed by atoms with Crippen LogP contribution in [0.15, 0.2) is 36.4 Å². The van der Waals surface area contributed by atoms with Gasteiger partial charge in [0.1, 0.15) is 6.54 Å². The lowest BCUT2D eigenvalue weighted by Crippen LogP contribution is -2.53. The molecule has 0 aliphatic carbocycles. The van der Waals surface area contributed by atoms with E-state index in [-0.39, 0.29) is 29.9 Å². The minimum Gasteiger partial charge on any atom is -0.605 e. The van der Waals surface area contributed by atoms with Gasteiger partial charge in [0.05, 0.1) is 23.4 Å². The molecule has 0 aromatic heterocycles. The highest BCUT2D eigenvalue weighted by atomic mass is 35.5. The maximum Gasteiger partial charge on any atom is 0.418 e. The van der Waals surface area contributed by atoms with Gasteiger partial charge in [0, 0.05) is 11.1 Å². The van der Waals surface area contributed by atoms with Crippen molar-refractivity contribution in [3.63, 3.8) is 0 Å². The summed E-state index contributed by atoms with van der Waals surface area (Å²) >= 11 is 5.80. The van der Waals surface area contributed by atoms with Crippen LogP contribution in [0.1, 0.15) is 11.1 Å². The monoisotopic (exact) mass is 427 g/mol. The van der Waals surface area contributed by atoms with Crippen LogP contribution in [0, 0.1) is 5.21 Å². The lowest BCUT2D eigenvalue weighted by Gasteiger charge is -2.36. The second-order valence-corrected chi connectivity index (χ2v) is 6.51. The van der Waals surface area contributed by atoms with Gasteiger partial charge >= 0.3 is 12.4 Å². The Kier molecular flexibility index (Phi) is 4.90. The number of halogens is 7. The van der Waals surface area contributed by atoms with Gasteiger partial charge in [-0.2, -0.15) is 26.3 Å². The van der Waals surface area contributed by atoms with Crippen molar-refractivity contribution in [2.45, 2.75) is 12.4 Å². The molecule has 2 N–H and O–H groups in total. The number of nitrogens with one attached hydrogen (secondary N) is 1. The predicted molar refractivity (Wildman–Crippen MR) is 90.1 cm³/mol. The quantitative estimate of drug-likeness (QED) is 0.409. The number of anilines is 1. The first kappa shape index (κ1) is 20.5. The van der Waals surface area contributed by atoms with E-state index < -0.39 is 39.7 Å². The van der Waals surface area contributed by atoms with E-state index in [0.717, 1.165) is 17.1 Å². The average molecular weight is 428 g/mol. The summed E-state index contributed by atoms with van der Waals surface area (Å²) in [7, 11) is 0. The summed E-state index contributed by atoms with van der Waals surface area (Å²) in [4.78, 5) is 0. The van der Waals surface area contributed by atoms with Crippen LogP contribution in [0.3, 0.4) is 0 Å². The first-order chi connectivity index (χ1) is 12.8. The number of aromatic hydroxyl groups is 1. The van der Waals surface area contributed by atoms with E-state index in [1.54, 1.807) is 0 Å². The molecule has 0 spiro atoms. The zero-order chi connectivity index (χ0) is 20.9. The van der Waals surface area contributed by atoms with Crippen LogP contribution in [0.2, 0.25) is 5.02 Å². The van der Waals surface area contributed by atoms with E-state index in [4.69, 9.17) is 11.6 Å². The molecule has 2 aromatic rings. The molecule has 0 radical (unpaired) electrons. The number of hydroxylamine groups is 1. The van der Waals surface area contributed by atoms with Crippen molar-refractivity contribution in [3.8, 4) is 5.75 Å². The van der Waals surface area contributed by atoms with Gasteiger partial charge in [0.25, 0.3) is 0 Å². The van der Waals surface area contributed by atoms with Crippen molar-refractivity contribution in [2.75, 3.05) is 18.1 Å². The fourth-order valence-electron chi connectivity index (χ4n) is 2.85. The average Bonchev–Trinajstić information content (AvgIpc) is 2.98. The highest BCUT2D eigenvalue weighted by Gasteiger charge is 2.42. The largest absolute Gasteiger partial charge is 0.605 e. The summed E-state index contributed by atoms with van der Waals surface area (Å²) in [5.74, 6) is -0.433. The number of hydrazine groups is 1. The minimum atomic E-state index is -5.09. The molecule has 0 amide bonds. The third kappa shape index (κ3) is 3.83. The van der Waals surface area contributed by atoms with Gasteiger partial charge in [0.2, 0.25) is 0 Å². The van der Waals surface area contributed by atoms with Gasteiger partial charge in [-0.05, 0) is 30.3 Å². The molecular formula is C16H12ClF6N3O2. The summed E-state index contributed by atoms with van der Waals surface area (Å²) in [5, 5.41) is 23.8. The molecule has 2 aromatic carbocycles. The lowest BCUT2D eigenvalue weighted by molar-refractivity contribution is -0.142. The van der Waals surface area contributed by atoms with Gasteiger partial charge in [0.15, 0.2) is 11.4 Å². The Morgan fingerprint density at radius 2 is 1.71 bits per heavy atom. The second-order valence-electron chi connectivity index (χ2n) is 6.08. The molecule has 0 bridgehead atoms. The fourth-order valence-corrected chi connectivity index (χ4v) is 3.01. The van der Waals surface area contributed by atoms with Gasteiger partial charge in [-0.25, -0.2) is 4.76 Å². The Balaban J connectivity index is 2.00. The molecule has 1 atom stereocenters. The van der Waals surface area contributed by atoms with E-state index >= 15 is 0 Å². The van der Waals surface area contributed by atoms with E-state index in [9.17, 15) is 36.7 Å². The zero-order valence-electron chi connectivity index (χ0n) is 13.8. The normalized spacial score (nSPS) is 20.6. The van der Waals surface area contributed by atoms with E-state index in [1.807, 2.05) is 0 Å². The molecule has 12 heteroatoms. The Labute approximate surface area is 159 Å². The van der Waals surface area contributed by atoms with Crippen LogP contribution >= 0.6 is 11.6 Å². The molecule has 1 fully saturated rings. The number of alkyl halides is 6. The molecule has 3 rings (SSSR count). The lowest BCUT2D eigenvalue weighted by atomic mass is 10.1. The van der Waals surface area contributed by atoms with Crippen LogP contribution in [0.25, 0.3) is 0 Å². The second kappa shape index (κ2) is 6.69. The third-order valence-electron chi connectivity index (χ3n) is 4.17. The van der Waals surface area contributed by atoms with Crippen LogP contribution < -0.4 is 15.3 Å². The SMILES string of the molecule is [O-][N+]1(c2cc(Cl)ccc2O)CCN(c2ccc(C(F)(F)F)cc2C(F)(F)F)N1. The highest BCUT2D eigenvalue weighted by molar-refractivity contribution is 6.30. The van der Waals surface area contributed by atoms with E-state index in [1.165, 1.54) is 6.07 Å². The number of phenolic OH excluding ortho intramolecular Hbond substituents is 1. The zero-order valence-corrected chi connectivity index (χ0v) is 14.5. The first-order valence-electron chi connectivity index (χ1n) is 7.73. The summed E-state index contributed by atoms with van der Waals surface area (Å²) in [6.45, 7) is -0.587. The maximum atomic E-state index is 13.3. The summed E-state index contributed by atoms with van der Waals surface area (Å²) < 4.78 is 77.0. The Hall–Kier alpha value is -2.21. The fraction of sp³-hybridized carbons (Fsp3) is 0.250. The van der Waals surface area contributed by atoms with E-state index in [2.05, 4.69) is 5.53 Å².